The fourth-order valence-electron chi connectivity index (χ4n) is 2.68. The predicted octanol–water partition coefficient (Wildman–Crippen LogP) is 2.54. The number of nitrogens with two attached hydrogens (primary N) is 1. The summed E-state index contributed by atoms with van der Waals surface area (Å²) in [5, 5.41) is 11.7. The number of fused-ring (bicyclic) bond motifs is 1. The number of nitrogens with zero attached hydrogens (tertiary/aromatic N) is 5. The zero-order valence-corrected chi connectivity index (χ0v) is 15.5. The second kappa shape index (κ2) is 7.31. The van der Waals surface area contributed by atoms with E-state index in [0.29, 0.717) is 5.82 Å². The Balaban J connectivity index is 0.000000238. The van der Waals surface area contributed by atoms with Crippen LogP contribution >= 0.6 is 15.9 Å². The van der Waals surface area contributed by atoms with Crippen molar-refractivity contribution in [3.05, 3.63) is 28.8 Å². The van der Waals surface area contributed by atoms with Crippen molar-refractivity contribution in [3.8, 4) is 11.1 Å². The lowest BCUT2D eigenvalue weighted by Crippen LogP contribution is -2.21. The van der Waals surface area contributed by atoms with Crippen LogP contribution in [0, 0.1) is 6.92 Å². The highest BCUT2D eigenvalue weighted by Gasteiger charge is 2.14. The van der Waals surface area contributed by atoms with E-state index in [1.165, 1.54) is 32.4 Å². The second-order valence-corrected chi connectivity index (χ2v) is 6.70. The SMILES string of the molecule is C1CCNCC1.Cc1nc2c(-c3cnn(C)c3)cnn2c(N)c1Br. The minimum Gasteiger partial charge on any atom is -0.383 e. The number of nitrogens with one attached hydrogen (secondary N) is 1. The van der Waals surface area contributed by atoms with Crippen LogP contribution < -0.4 is 11.1 Å². The van der Waals surface area contributed by atoms with Gasteiger partial charge in [0.05, 0.1) is 22.6 Å². The van der Waals surface area contributed by atoms with Gasteiger partial charge < -0.3 is 11.1 Å². The van der Waals surface area contributed by atoms with Crippen molar-refractivity contribution in [3.63, 3.8) is 0 Å². The van der Waals surface area contributed by atoms with E-state index in [1.54, 1.807) is 21.6 Å². The fourth-order valence-corrected chi connectivity index (χ4v) is 2.93. The first-order chi connectivity index (χ1) is 11.6. The highest BCUT2D eigenvalue weighted by atomic mass is 79.9. The summed E-state index contributed by atoms with van der Waals surface area (Å²) in [6, 6.07) is 0. The predicted molar refractivity (Wildman–Crippen MR) is 98.8 cm³/mol. The van der Waals surface area contributed by atoms with Crippen LogP contribution in [0.3, 0.4) is 0 Å². The zero-order chi connectivity index (χ0) is 17.1. The Labute approximate surface area is 149 Å². The lowest BCUT2D eigenvalue weighted by molar-refractivity contribution is 0.520. The molecule has 8 heteroatoms. The molecule has 0 amide bonds. The molecule has 3 N–H and O–H groups in total. The van der Waals surface area contributed by atoms with Gasteiger partial charge in [-0.25, -0.2) is 4.98 Å². The molecule has 0 atom stereocenters. The summed E-state index contributed by atoms with van der Waals surface area (Å²) in [4.78, 5) is 4.52. The van der Waals surface area contributed by atoms with Crippen LogP contribution in [0.2, 0.25) is 0 Å². The molecule has 4 rings (SSSR count). The maximum Gasteiger partial charge on any atom is 0.165 e. The number of rotatable bonds is 1. The molecule has 7 nitrogen and oxygen atoms in total. The number of nitrogen functional groups attached to an aromatic ring is 1. The standard InChI is InChI=1S/C11H11BrN6.C5H11N/c1-6-9(12)10(13)18-11(16-6)8(4-15-18)7-3-14-17(2)5-7;1-2-4-6-5-3-1/h3-5H,13H2,1-2H3;6H,1-5H2. The Hall–Kier alpha value is -1.93. The molecule has 1 saturated heterocycles. The monoisotopic (exact) mass is 391 g/mol. The van der Waals surface area contributed by atoms with Gasteiger partial charge in [0, 0.05) is 24.4 Å². The van der Waals surface area contributed by atoms with Crippen LogP contribution in [-0.4, -0.2) is 37.5 Å². The van der Waals surface area contributed by atoms with E-state index in [-0.39, 0.29) is 0 Å². The maximum absolute atomic E-state index is 6.01. The van der Waals surface area contributed by atoms with Gasteiger partial charge in [-0.1, -0.05) is 6.42 Å². The summed E-state index contributed by atoms with van der Waals surface area (Å²) in [6.45, 7) is 4.40. The number of piperidine rings is 1. The third-order valence-electron chi connectivity index (χ3n) is 4.01. The van der Waals surface area contributed by atoms with Crippen LogP contribution in [0.5, 0.6) is 0 Å². The van der Waals surface area contributed by atoms with Crippen molar-refractivity contribution in [2.75, 3.05) is 18.8 Å². The van der Waals surface area contributed by atoms with Crippen molar-refractivity contribution < 1.29 is 0 Å². The minimum atomic E-state index is 0.549. The van der Waals surface area contributed by atoms with Crippen LogP contribution in [0.4, 0.5) is 5.82 Å². The summed E-state index contributed by atoms with van der Waals surface area (Å²) >= 11 is 3.41. The number of hydrogen-bond donors (Lipinski definition) is 2. The molecule has 4 heterocycles. The fraction of sp³-hybridized carbons (Fsp3) is 0.438. The highest BCUT2D eigenvalue weighted by Crippen LogP contribution is 2.28. The average molecular weight is 392 g/mol. The summed E-state index contributed by atoms with van der Waals surface area (Å²) in [6.07, 6.45) is 9.67. The summed E-state index contributed by atoms with van der Waals surface area (Å²) in [5.74, 6) is 0.549. The third kappa shape index (κ3) is 3.44. The summed E-state index contributed by atoms with van der Waals surface area (Å²) in [5.41, 5.74) is 9.48. The molecule has 1 fully saturated rings. The normalized spacial score (nSPS) is 14.5. The van der Waals surface area contributed by atoms with Gasteiger partial charge in [-0.15, -0.1) is 0 Å². The summed E-state index contributed by atoms with van der Waals surface area (Å²) < 4.78 is 4.14. The molecule has 0 radical (unpaired) electrons. The number of aryl methyl sites for hydroxylation is 2. The van der Waals surface area contributed by atoms with E-state index in [9.17, 15) is 0 Å². The van der Waals surface area contributed by atoms with Gasteiger partial charge in [0.2, 0.25) is 0 Å². The average Bonchev–Trinajstić information content (AvgIpc) is 3.21. The Kier molecular flexibility index (Phi) is 5.15. The van der Waals surface area contributed by atoms with Crippen molar-refractivity contribution in [2.45, 2.75) is 26.2 Å². The molecule has 1 aliphatic heterocycles. The number of anilines is 1. The second-order valence-electron chi connectivity index (χ2n) is 5.90. The van der Waals surface area contributed by atoms with Gasteiger partial charge in [0.15, 0.2) is 5.65 Å². The first kappa shape index (κ1) is 16.9. The van der Waals surface area contributed by atoms with Gasteiger partial charge in [-0.3, -0.25) is 4.68 Å². The number of hydrogen-bond acceptors (Lipinski definition) is 5. The highest BCUT2D eigenvalue weighted by molar-refractivity contribution is 9.10. The van der Waals surface area contributed by atoms with Crippen molar-refractivity contribution in [2.24, 2.45) is 7.05 Å². The Morgan fingerprint density at radius 2 is 1.92 bits per heavy atom. The van der Waals surface area contributed by atoms with Gasteiger partial charge in [0.1, 0.15) is 5.82 Å². The molecule has 1 aliphatic rings. The topological polar surface area (TPSA) is 86.1 Å². The maximum atomic E-state index is 6.01. The van der Waals surface area contributed by atoms with Crippen LogP contribution in [0.25, 0.3) is 16.8 Å². The third-order valence-corrected chi connectivity index (χ3v) is 4.99. The molecule has 0 spiro atoms. The number of aromatic nitrogens is 5. The first-order valence-corrected chi connectivity index (χ1v) is 8.86. The van der Waals surface area contributed by atoms with E-state index in [1.807, 2.05) is 20.2 Å². The molecule has 0 unspecified atom stereocenters. The lowest BCUT2D eigenvalue weighted by Gasteiger charge is -2.08. The van der Waals surface area contributed by atoms with Crippen molar-refractivity contribution in [1.29, 1.82) is 0 Å². The van der Waals surface area contributed by atoms with Crippen molar-refractivity contribution >= 4 is 27.4 Å². The quantitative estimate of drug-likeness (QED) is 0.665. The Morgan fingerprint density at radius 1 is 1.17 bits per heavy atom. The molecule has 128 valence electrons. The molecular weight excluding hydrogens is 370 g/mol. The van der Waals surface area contributed by atoms with Crippen LogP contribution in [0.1, 0.15) is 25.0 Å². The largest absolute Gasteiger partial charge is 0.383 e. The first-order valence-electron chi connectivity index (χ1n) is 8.07. The van der Waals surface area contributed by atoms with E-state index >= 15 is 0 Å². The molecule has 3 aromatic rings. The van der Waals surface area contributed by atoms with Crippen LogP contribution in [-0.2, 0) is 7.05 Å². The van der Waals surface area contributed by atoms with Gasteiger partial charge in [0.25, 0.3) is 0 Å². The molecule has 0 bridgehead atoms. The Morgan fingerprint density at radius 3 is 2.46 bits per heavy atom. The molecule has 3 aromatic heterocycles. The zero-order valence-electron chi connectivity index (χ0n) is 14.0. The van der Waals surface area contributed by atoms with E-state index in [0.717, 1.165) is 26.9 Å². The molecule has 0 saturated carbocycles. The van der Waals surface area contributed by atoms with Crippen LogP contribution in [0.15, 0.2) is 23.1 Å². The van der Waals surface area contributed by atoms with Gasteiger partial charge in [-0.05, 0) is 48.8 Å². The van der Waals surface area contributed by atoms with Gasteiger partial charge in [-0.2, -0.15) is 14.7 Å². The van der Waals surface area contributed by atoms with Gasteiger partial charge >= 0.3 is 0 Å². The summed E-state index contributed by atoms with van der Waals surface area (Å²) in [7, 11) is 1.87. The molecular formula is C16H22BrN7. The molecule has 0 aliphatic carbocycles. The molecule has 24 heavy (non-hydrogen) atoms. The van der Waals surface area contributed by atoms with E-state index in [4.69, 9.17) is 5.73 Å². The van der Waals surface area contributed by atoms with E-state index in [2.05, 4.69) is 36.4 Å². The minimum absolute atomic E-state index is 0.549. The molecule has 0 aromatic carbocycles. The number of halogens is 1. The Bertz CT molecular complexity index is 821. The van der Waals surface area contributed by atoms with Crippen molar-refractivity contribution in [1.82, 2.24) is 29.7 Å². The van der Waals surface area contributed by atoms with E-state index < -0.39 is 0 Å². The lowest BCUT2D eigenvalue weighted by atomic mass is 10.2. The smallest absolute Gasteiger partial charge is 0.165 e.